The number of hydrogen-bond acceptors (Lipinski definition) is 3. The second-order valence-electron chi connectivity index (χ2n) is 5.48. The van der Waals surface area contributed by atoms with E-state index < -0.39 is 0 Å². The zero-order chi connectivity index (χ0) is 12.0. The van der Waals surface area contributed by atoms with Crippen LogP contribution >= 0.6 is 0 Å². The van der Waals surface area contributed by atoms with Gasteiger partial charge in [0.05, 0.1) is 0 Å². The summed E-state index contributed by atoms with van der Waals surface area (Å²) in [4.78, 5) is 2.45. The van der Waals surface area contributed by atoms with Crippen LogP contribution in [0.4, 0.5) is 0 Å². The fraction of sp³-hybridized carbons (Fsp3) is 0.846. The summed E-state index contributed by atoms with van der Waals surface area (Å²) in [5.41, 5.74) is 6.94. The maximum atomic E-state index is 5.98. The van der Waals surface area contributed by atoms with Crippen molar-refractivity contribution in [3.05, 3.63) is 11.9 Å². The van der Waals surface area contributed by atoms with E-state index in [-0.39, 0.29) is 0 Å². The van der Waals surface area contributed by atoms with Gasteiger partial charge in [0.1, 0.15) is 0 Å². The second kappa shape index (κ2) is 6.79. The lowest BCUT2D eigenvalue weighted by Gasteiger charge is -2.30. The fourth-order valence-corrected chi connectivity index (χ4v) is 1.95. The Morgan fingerprint density at radius 3 is 2.62 bits per heavy atom. The first-order valence-corrected chi connectivity index (χ1v) is 6.48. The van der Waals surface area contributed by atoms with Crippen LogP contribution in [0.15, 0.2) is 11.9 Å². The van der Waals surface area contributed by atoms with Gasteiger partial charge in [0.2, 0.25) is 0 Å². The Bertz CT molecular complexity index is 215. The topological polar surface area (TPSA) is 41.3 Å². The van der Waals surface area contributed by atoms with Crippen molar-refractivity contribution in [2.75, 3.05) is 26.2 Å². The smallest absolute Gasteiger partial charge is 0.0394 e. The van der Waals surface area contributed by atoms with E-state index >= 15 is 0 Å². The normalized spacial score (nSPS) is 20.4. The van der Waals surface area contributed by atoms with Crippen molar-refractivity contribution in [3.63, 3.8) is 0 Å². The molecule has 0 aromatic carbocycles. The third-order valence-corrected chi connectivity index (χ3v) is 3.10. The highest BCUT2D eigenvalue weighted by molar-refractivity contribution is 4.98. The van der Waals surface area contributed by atoms with Gasteiger partial charge in [0.25, 0.3) is 0 Å². The van der Waals surface area contributed by atoms with Crippen molar-refractivity contribution in [2.45, 2.75) is 33.6 Å². The summed E-state index contributed by atoms with van der Waals surface area (Å²) in [6, 6.07) is 0. The van der Waals surface area contributed by atoms with Crippen LogP contribution in [-0.4, -0.2) is 31.1 Å². The van der Waals surface area contributed by atoms with Crippen molar-refractivity contribution in [1.82, 2.24) is 10.2 Å². The van der Waals surface area contributed by atoms with Crippen LogP contribution in [0.3, 0.4) is 0 Å². The Kier molecular flexibility index (Phi) is 5.67. The van der Waals surface area contributed by atoms with Crippen LogP contribution in [0.25, 0.3) is 0 Å². The molecule has 0 amide bonds. The molecule has 16 heavy (non-hydrogen) atoms. The molecule has 1 rings (SSSR count). The maximum absolute atomic E-state index is 5.98. The first-order valence-electron chi connectivity index (χ1n) is 6.48. The number of nitrogens with zero attached hydrogens (tertiary/aromatic N) is 1. The molecule has 0 spiro atoms. The number of nitrogens with two attached hydrogens (primary N) is 1. The van der Waals surface area contributed by atoms with Crippen LogP contribution in [0.2, 0.25) is 0 Å². The second-order valence-corrected chi connectivity index (χ2v) is 5.48. The lowest BCUT2D eigenvalue weighted by atomic mass is 9.99. The Labute approximate surface area is 100 Å². The van der Waals surface area contributed by atoms with Crippen molar-refractivity contribution in [1.29, 1.82) is 0 Å². The van der Waals surface area contributed by atoms with Crippen molar-refractivity contribution < 1.29 is 0 Å². The molecule has 0 bridgehead atoms. The molecule has 0 unspecified atom stereocenters. The fourth-order valence-electron chi connectivity index (χ4n) is 1.95. The van der Waals surface area contributed by atoms with Gasteiger partial charge in [-0.2, -0.15) is 0 Å². The van der Waals surface area contributed by atoms with Gasteiger partial charge in [-0.3, -0.25) is 4.90 Å². The largest absolute Gasteiger partial charge is 0.400 e. The maximum Gasteiger partial charge on any atom is 0.0394 e. The molecular weight excluding hydrogens is 198 g/mol. The van der Waals surface area contributed by atoms with E-state index in [2.05, 4.69) is 31.0 Å². The SMILES string of the molecule is CC(C)CN/C=C(\N)CN1CCC(C)CC1. The highest BCUT2D eigenvalue weighted by atomic mass is 15.1. The average molecular weight is 225 g/mol. The molecule has 94 valence electrons. The minimum atomic E-state index is 0.667. The Hall–Kier alpha value is -0.700. The molecule has 0 atom stereocenters. The Morgan fingerprint density at radius 1 is 1.44 bits per heavy atom. The van der Waals surface area contributed by atoms with Crippen LogP contribution < -0.4 is 11.1 Å². The quantitative estimate of drug-likeness (QED) is 0.749. The minimum Gasteiger partial charge on any atom is -0.400 e. The monoisotopic (exact) mass is 225 g/mol. The Balaban J connectivity index is 2.20. The summed E-state index contributed by atoms with van der Waals surface area (Å²) in [6.45, 7) is 11.0. The minimum absolute atomic E-state index is 0.667. The van der Waals surface area contributed by atoms with Crippen LogP contribution in [0, 0.1) is 11.8 Å². The van der Waals surface area contributed by atoms with Gasteiger partial charge in [0, 0.05) is 25.0 Å². The van der Waals surface area contributed by atoms with E-state index in [1.54, 1.807) is 0 Å². The van der Waals surface area contributed by atoms with E-state index in [9.17, 15) is 0 Å². The van der Waals surface area contributed by atoms with Gasteiger partial charge in [-0.1, -0.05) is 20.8 Å². The molecule has 0 radical (unpaired) electrons. The summed E-state index contributed by atoms with van der Waals surface area (Å²) in [7, 11) is 0. The number of rotatable bonds is 5. The van der Waals surface area contributed by atoms with Crippen LogP contribution in [-0.2, 0) is 0 Å². The molecule has 3 nitrogen and oxygen atoms in total. The molecule has 0 aromatic rings. The predicted octanol–water partition coefficient (Wildman–Crippen LogP) is 1.76. The molecule has 3 N–H and O–H groups in total. The number of piperidine rings is 1. The lowest BCUT2D eigenvalue weighted by Crippen LogP contribution is -2.36. The van der Waals surface area contributed by atoms with E-state index in [4.69, 9.17) is 5.73 Å². The van der Waals surface area contributed by atoms with E-state index in [1.807, 2.05) is 6.20 Å². The number of likely N-dealkylation sites (tertiary alicyclic amines) is 1. The van der Waals surface area contributed by atoms with Crippen molar-refractivity contribution in [2.24, 2.45) is 17.6 Å². The van der Waals surface area contributed by atoms with Gasteiger partial charge in [-0.05, 0) is 37.8 Å². The highest BCUT2D eigenvalue weighted by Crippen LogP contribution is 2.15. The number of hydrogen-bond donors (Lipinski definition) is 2. The molecule has 1 aliphatic rings. The molecule has 0 aliphatic carbocycles. The third-order valence-electron chi connectivity index (χ3n) is 3.10. The van der Waals surface area contributed by atoms with Crippen LogP contribution in [0.1, 0.15) is 33.6 Å². The van der Waals surface area contributed by atoms with E-state index in [0.29, 0.717) is 5.92 Å². The van der Waals surface area contributed by atoms with Gasteiger partial charge in [-0.15, -0.1) is 0 Å². The van der Waals surface area contributed by atoms with Crippen LogP contribution in [0.5, 0.6) is 0 Å². The first-order chi connectivity index (χ1) is 7.58. The number of nitrogens with one attached hydrogen (secondary N) is 1. The summed E-state index contributed by atoms with van der Waals surface area (Å²) < 4.78 is 0. The van der Waals surface area contributed by atoms with Gasteiger partial charge < -0.3 is 11.1 Å². The summed E-state index contributed by atoms with van der Waals surface area (Å²) in [6.07, 6.45) is 4.59. The van der Waals surface area contributed by atoms with E-state index in [0.717, 1.165) is 24.7 Å². The molecule has 1 heterocycles. The molecular formula is C13H27N3. The summed E-state index contributed by atoms with van der Waals surface area (Å²) in [5, 5.41) is 3.27. The third kappa shape index (κ3) is 5.40. The zero-order valence-corrected chi connectivity index (χ0v) is 11.0. The predicted molar refractivity (Wildman–Crippen MR) is 69.9 cm³/mol. The highest BCUT2D eigenvalue weighted by Gasteiger charge is 2.15. The van der Waals surface area contributed by atoms with Gasteiger partial charge in [0.15, 0.2) is 0 Å². The lowest BCUT2D eigenvalue weighted by molar-refractivity contribution is 0.205. The molecule has 1 aliphatic heterocycles. The molecule has 0 aromatic heterocycles. The molecule has 1 saturated heterocycles. The van der Waals surface area contributed by atoms with Crippen molar-refractivity contribution >= 4 is 0 Å². The summed E-state index contributed by atoms with van der Waals surface area (Å²) in [5.74, 6) is 1.56. The molecule has 1 fully saturated rings. The summed E-state index contributed by atoms with van der Waals surface area (Å²) >= 11 is 0. The zero-order valence-electron chi connectivity index (χ0n) is 11.0. The van der Waals surface area contributed by atoms with Gasteiger partial charge in [-0.25, -0.2) is 0 Å². The average Bonchev–Trinajstić information content (AvgIpc) is 2.21. The van der Waals surface area contributed by atoms with Crippen molar-refractivity contribution in [3.8, 4) is 0 Å². The first kappa shape index (κ1) is 13.4. The molecule has 0 saturated carbocycles. The standard InChI is InChI=1S/C13H27N3/c1-11(2)8-15-9-13(14)10-16-6-4-12(3)5-7-16/h9,11-12,15H,4-8,10,14H2,1-3H3/b13-9-. The van der Waals surface area contributed by atoms with E-state index in [1.165, 1.54) is 25.9 Å². The van der Waals surface area contributed by atoms with Gasteiger partial charge >= 0.3 is 0 Å². The Morgan fingerprint density at radius 2 is 2.06 bits per heavy atom. The molecule has 3 heteroatoms.